The number of ketones is 1. The summed E-state index contributed by atoms with van der Waals surface area (Å²) in [4.78, 5) is 27.2. The maximum Gasteiger partial charge on any atom is 0.296 e. The van der Waals surface area contributed by atoms with E-state index in [1.54, 1.807) is 37.3 Å². The zero-order chi connectivity index (χ0) is 21.4. The number of hydrogen-bond donors (Lipinski definition) is 1. The predicted molar refractivity (Wildman–Crippen MR) is 112 cm³/mol. The van der Waals surface area contributed by atoms with Gasteiger partial charge in [-0.1, -0.05) is 40.2 Å². The van der Waals surface area contributed by atoms with Crippen molar-refractivity contribution in [3.63, 3.8) is 0 Å². The summed E-state index contributed by atoms with van der Waals surface area (Å²) in [5.74, 6) is -2.02. The molecule has 1 atom stereocenters. The van der Waals surface area contributed by atoms with Crippen LogP contribution in [-0.4, -0.2) is 21.7 Å². The van der Waals surface area contributed by atoms with Crippen LogP contribution in [0.1, 0.15) is 28.5 Å². The molecule has 4 rings (SSSR count). The van der Waals surface area contributed by atoms with Crippen molar-refractivity contribution >= 4 is 33.4 Å². The average Bonchev–Trinajstić information content (AvgIpc) is 3.32. The molecule has 2 aromatic carbocycles. The molecular formula is C23H17BrFNO4. The normalized spacial score (nSPS) is 18.2. The lowest BCUT2D eigenvalue weighted by atomic mass is 9.95. The molecule has 1 aliphatic rings. The molecule has 5 nitrogen and oxygen atoms in total. The number of carbonyl (C=O) groups is 2. The number of amides is 1. The summed E-state index contributed by atoms with van der Waals surface area (Å²) in [6, 6.07) is 13.9. The Morgan fingerprint density at radius 2 is 1.97 bits per heavy atom. The number of benzene rings is 2. The lowest BCUT2D eigenvalue weighted by Crippen LogP contribution is -2.29. The Labute approximate surface area is 180 Å². The monoisotopic (exact) mass is 469 g/mol. The van der Waals surface area contributed by atoms with E-state index in [-0.39, 0.29) is 17.7 Å². The number of halogens is 2. The third-order valence-electron chi connectivity index (χ3n) is 5.06. The first-order chi connectivity index (χ1) is 14.4. The standard InChI is InChI=1S/C23H17BrFNO4/c1-13-7-8-15(11-18(13)25)21(27)19-20(14-4-2-5-16(24)10-14)26(23(29)22(19)28)12-17-6-3-9-30-17/h2-11,20,27H,12H2,1H3/b21-19+. The molecule has 0 aliphatic carbocycles. The van der Waals surface area contributed by atoms with Crippen LogP contribution in [0.5, 0.6) is 0 Å². The van der Waals surface area contributed by atoms with Gasteiger partial charge >= 0.3 is 0 Å². The third-order valence-corrected chi connectivity index (χ3v) is 5.55. The van der Waals surface area contributed by atoms with E-state index in [0.717, 1.165) is 10.5 Å². The number of rotatable bonds is 4. The molecular weight excluding hydrogens is 453 g/mol. The maximum absolute atomic E-state index is 14.1. The van der Waals surface area contributed by atoms with Gasteiger partial charge in [0, 0.05) is 10.0 Å². The van der Waals surface area contributed by atoms with Crippen LogP contribution in [0.2, 0.25) is 0 Å². The summed E-state index contributed by atoms with van der Waals surface area (Å²) >= 11 is 3.40. The minimum atomic E-state index is -0.850. The predicted octanol–water partition coefficient (Wildman–Crippen LogP) is 5.11. The molecule has 1 N–H and O–H groups in total. The smallest absolute Gasteiger partial charge is 0.296 e. The van der Waals surface area contributed by atoms with Gasteiger partial charge in [-0.25, -0.2) is 4.39 Å². The highest BCUT2D eigenvalue weighted by Gasteiger charge is 2.46. The quantitative estimate of drug-likeness (QED) is 0.327. The lowest BCUT2D eigenvalue weighted by Gasteiger charge is -2.24. The van der Waals surface area contributed by atoms with Crippen molar-refractivity contribution in [3.05, 3.63) is 99.2 Å². The minimum absolute atomic E-state index is 0.0494. The molecule has 7 heteroatoms. The van der Waals surface area contributed by atoms with Crippen LogP contribution in [0, 0.1) is 12.7 Å². The Hall–Kier alpha value is -3.19. The van der Waals surface area contributed by atoms with Gasteiger partial charge in [-0.15, -0.1) is 0 Å². The van der Waals surface area contributed by atoms with Gasteiger partial charge in [0.15, 0.2) is 0 Å². The van der Waals surface area contributed by atoms with E-state index < -0.39 is 29.3 Å². The van der Waals surface area contributed by atoms with Gasteiger partial charge in [0.05, 0.1) is 24.4 Å². The van der Waals surface area contributed by atoms with E-state index in [2.05, 4.69) is 15.9 Å². The molecule has 0 saturated carbocycles. The van der Waals surface area contributed by atoms with Crippen LogP contribution >= 0.6 is 15.9 Å². The van der Waals surface area contributed by atoms with Gasteiger partial charge < -0.3 is 14.4 Å². The maximum atomic E-state index is 14.1. The number of carbonyl (C=O) groups excluding carboxylic acids is 2. The molecule has 0 radical (unpaired) electrons. The van der Waals surface area contributed by atoms with E-state index in [1.165, 1.54) is 23.3 Å². The Bertz CT molecular complexity index is 1170. The molecule has 0 spiro atoms. The molecule has 1 amide bonds. The van der Waals surface area contributed by atoms with Crippen LogP contribution in [0.3, 0.4) is 0 Å². The number of nitrogens with zero attached hydrogens (tertiary/aromatic N) is 1. The van der Waals surface area contributed by atoms with Gasteiger partial charge in [0.2, 0.25) is 0 Å². The van der Waals surface area contributed by atoms with Crippen molar-refractivity contribution in [1.82, 2.24) is 4.90 Å². The van der Waals surface area contributed by atoms with Crippen molar-refractivity contribution in [2.24, 2.45) is 0 Å². The Morgan fingerprint density at radius 1 is 1.17 bits per heavy atom. The molecule has 1 saturated heterocycles. The first-order valence-corrected chi connectivity index (χ1v) is 9.99. The number of aliphatic hydroxyl groups is 1. The van der Waals surface area contributed by atoms with E-state index in [4.69, 9.17) is 4.42 Å². The fraction of sp³-hybridized carbons (Fsp3) is 0.130. The largest absolute Gasteiger partial charge is 0.507 e. The number of likely N-dealkylation sites (tertiary alicyclic amines) is 1. The van der Waals surface area contributed by atoms with Gasteiger partial charge in [-0.2, -0.15) is 0 Å². The van der Waals surface area contributed by atoms with Gasteiger partial charge in [0.1, 0.15) is 17.3 Å². The zero-order valence-corrected chi connectivity index (χ0v) is 17.5. The minimum Gasteiger partial charge on any atom is -0.507 e. The van der Waals surface area contributed by atoms with E-state index in [1.807, 2.05) is 6.07 Å². The number of furan rings is 1. The number of hydrogen-bond acceptors (Lipinski definition) is 4. The molecule has 0 bridgehead atoms. The highest BCUT2D eigenvalue weighted by Crippen LogP contribution is 2.41. The topological polar surface area (TPSA) is 70.8 Å². The van der Waals surface area contributed by atoms with Crippen molar-refractivity contribution in [2.75, 3.05) is 0 Å². The van der Waals surface area contributed by atoms with E-state index in [0.29, 0.717) is 16.9 Å². The second kappa shape index (κ2) is 7.91. The van der Waals surface area contributed by atoms with Gasteiger partial charge in [0.25, 0.3) is 11.7 Å². The SMILES string of the molecule is Cc1ccc(/C(O)=C2\C(=O)C(=O)N(Cc3ccco3)C2c2cccc(Br)c2)cc1F. The molecule has 1 fully saturated rings. The summed E-state index contributed by atoms with van der Waals surface area (Å²) in [7, 11) is 0. The van der Waals surface area contributed by atoms with Crippen LogP contribution in [-0.2, 0) is 16.1 Å². The zero-order valence-electron chi connectivity index (χ0n) is 15.9. The molecule has 3 aromatic rings. The molecule has 2 heterocycles. The Balaban J connectivity index is 1.89. The van der Waals surface area contributed by atoms with Crippen LogP contribution in [0.25, 0.3) is 5.76 Å². The van der Waals surface area contributed by atoms with Crippen molar-refractivity contribution < 1.29 is 23.5 Å². The molecule has 1 unspecified atom stereocenters. The summed E-state index contributed by atoms with van der Waals surface area (Å²) in [6.07, 6.45) is 1.48. The molecule has 1 aliphatic heterocycles. The highest BCUT2D eigenvalue weighted by atomic mass is 79.9. The van der Waals surface area contributed by atoms with Crippen LogP contribution in [0.4, 0.5) is 4.39 Å². The first-order valence-electron chi connectivity index (χ1n) is 9.19. The molecule has 152 valence electrons. The first kappa shape index (κ1) is 20.1. The molecule has 30 heavy (non-hydrogen) atoms. The second-order valence-corrected chi connectivity index (χ2v) is 7.94. The van der Waals surface area contributed by atoms with E-state index in [9.17, 15) is 19.1 Å². The Morgan fingerprint density at radius 3 is 2.63 bits per heavy atom. The third kappa shape index (κ3) is 3.57. The highest BCUT2D eigenvalue weighted by molar-refractivity contribution is 9.10. The summed E-state index contributed by atoms with van der Waals surface area (Å²) in [6.45, 7) is 1.65. The fourth-order valence-corrected chi connectivity index (χ4v) is 3.95. The Kier molecular flexibility index (Phi) is 5.30. The summed E-state index contributed by atoms with van der Waals surface area (Å²) < 4.78 is 20.2. The lowest BCUT2D eigenvalue weighted by molar-refractivity contribution is -0.140. The van der Waals surface area contributed by atoms with Crippen LogP contribution in [0.15, 0.2) is 75.3 Å². The van der Waals surface area contributed by atoms with Gasteiger partial charge in [-0.3, -0.25) is 9.59 Å². The van der Waals surface area contributed by atoms with Crippen molar-refractivity contribution in [1.29, 1.82) is 0 Å². The van der Waals surface area contributed by atoms with Crippen molar-refractivity contribution in [3.8, 4) is 0 Å². The summed E-state index contributed by atoms with van der Waals surface area (Å²) in [5, 5.41) is 10.9. The van der Waals surface area contributed by atoms with Gasteiger partial charge in [-0.05, 0) is 48.4 Å². The average molecular weight is 470 g/mol. The number of aliphatic hydroxyl groups excluding tert-OH is 1. The van der Waals surface area contributed by atoms with E-state index >= 15 is 0 Å². The molecule has 1 aromatic heterocycles. The fourth-order valence-electron chi connectivity index (χ4n) is 3.53. The number of Topliss-reactive ketones (excluding diaryl/α,β-unsaturated/α-hetero) is 1. The summed E-state index contributed by atoms with van der Waals surface area (Å²) in [5.41, 5.74) is 1.08. The van der Waals surface area contributed by atoms with Crippen molar-refractivity contribution in [2.45, 2.75) is 19.5 Å². The number of aryl methyl sites for hydroxylation is 1. The van der Waals surface area contributed by atoms with Crippen LogP contribution < -0.4 is 0 Å². The second-order valence-electron chi connectivity index (χ2n) is 7.03.